The Balaban J connectivity index is 2.21. The summed E-state index contributed by atoms with van der Waals surface area (Å²) in [6.07, 6.45) is 3.39. The van der Waals surface area contributed by atoms with E-state index >= 15 is 0 Å². The molecule has 1 unspecified atom stereocenters. The normalized spacial score (nSPS) is 12.2. The van der Waals surface area contributed by atoms with Crippen molar-refractivity contribution in [3.63, 3.8) is 0 Å². The number of anilines is 1. The smallest absolute Gasteiger partial charge is 0.128 e. The van der Waals surface area contributed by atoms with Gasteiger partial charge in [-0.1, -0.05) is 0 Å². The average Bonchev–Trinajstić information content (AvgIpc) is 2.32. The Morgan fingerprint density at radius 3 is 2.67 bits per heavy atom. The van der Waals surface area contributed by atoms with Gasteiger partial charge in [-0.25, -0.2) is 8.78 Å². The van der Waals surface area contributed by atoms with Crippen molar-refractivity contribution in [2.24, 2.45) is 0 Å². The molecule has 0 amide bonds. The third-order valence-electron chi connectivity index (χ3n) is 2.68. The average molecular weight is 248 g/mol. The van der Waals surface area contributed by atoms with E-state index in [9.17, 15) is 8.78 Å². The SMILES string of the molecule is Cc1cncc(NC(C)c2cc(F)ccc2F)c1. The van der Waals surface area contributed by atoms with Crippen molar-refractivity contribution in [1.29, 1.82) is 0 Å². The van der Waals surface area contributed by atoms with Crippen LogP contribution in [-0.2, 0) is 0 Å². The minimum Gasteiger partial charge on any atom is -0.377 e. The summed E-state index contributed by atoms with van der Waals surface area (Å²) in [6, 6.07) is 5.03. The summed E-state index contributed by atoms with van der Waals surface area (Å²) in [5.74, 6) is -0.862. The predicted octanol–water partition coefficient (Wildman–Crippen LogP) is 3.84. The summed E-state index contributed by atoms with van der Waals surface area (Å²) in [5, 5.41) is 3.10. The Hall–Kier alpha value is -1.97. The van der Waals surface area contributed by atoms with Crippen LogP contribution < -0.4 is 5.32 Å². The number of halogens is 2. The standard InChI is InChI=1S/C14H14F2N2/c1-9-5-12(8-17-7-9)18-10(2)13-6-11(15)3-4-14(13)16/h3-8,10,18H,1-2H3. The fraction of sp³-hybridized carbons (Fsp3) is 0.214. The van der Waals surface area contributed by atoms with Gasteiger partial charge in [-0.05, 0) is 43.7 Å². The molecule has 0 aliphatic rings. The third-order valence-corrected chi connectivity index (χ3v) is 2.68. The number of nitrogens with one attached hydrogen (secondary N) is 1. The van der Waals surface area contributed by atoms with Gasteiger partial charge in [0.1, 0.15) is 11.6 Å². The molecule has 1 atom stereocenters. The lowest BCUT2D eigenvalue weighted by Gasteiger charge is -2.16. The van der Waals surface area contributed by atoms with Crippen LogP contribution in [0.1, 0.15) is 24.1 Å². The van der Waals surface area contributed by atoms with E-state index in [0.29, 0.717) is 5.56 Å². The Morgan fingerprint density at radius 1 is 1.17 bits per heavy atom. The second-order valence-electron chi connectivity index (χ2n) is 4.28. The number of aryl methyl sites for hydroxylation is 1. The maximum absolute atomic E-state index is 13.6. The van der Waals surface area contributed by atoms with Crippen LogP contribution in [0.4, 0.5) is 14.5 Å². The first-order valence-electron chi connectivity index (χ1n) is 5.69. The Kier molecular flexibility index (Phi) is 3.55. The van der Waals surface area contributed by atoms with Gasteiger partial charge in [-0.15, -0.1) is 0 Å². The second-order valence-corrected chi connectivity index (χ2v) is 4.28. The fourth-order valence-electron chi connectivity index (χ4n) is 1.81. The molecule has 0 radical (unpaired) electrons. The molecule has 0 aliphatic heterocycles. The number of aromatic nitrogens is 1. The van der Waals surface area contributed by atoms with Crippen LogP contribution in [0.25, 0.3) is 0 Å². The zero-order chi connectivity index (χ0) is 13.1. The first-order chi connectivity index (χ1) is 8.56. The predicted molar refractivity (Wildman–Crippen MR) is 67.4 cm³/mol. The molecule has 0 bridgehead atoms. The molecule has 0 spiro atoms. The Labute approximate surface area is 105 Å². The van der Waals surface area contributed by atoms with Crippen molar-refractivity contribution in [3.05, 3.63) is 59.4 Å². The molecule has 94 valence electrons. The largest absolute Gasteiger partial charge is 0.377 e. The van der Waals surface area contributed by atoms with Gasteiger partial charge in [0.25, 0.3) is 0 Å². The minimum absolute atomic E-state index is 0.302. The van der Waals surface area contributed by atoms with E-state index in [-0.39, 0.29) is 6.04 Å². The van der Waals surface area contributed by atoms with Gasteiger partial charge in [0.05, 0.1) is 11.7 Å². The first kappa shape index (κ1) is 12.5. The van der Waals surface area contributed by atoms with Crippen molar-refractivity contribution in [2.75, 3.05) is 5.32 Å². The molecule has 1 aromatic carbocycles. The number of benzene rings is 1. The van der Waals surface area contributed by atoms with Gasteiger partial charge < -0.3 is 5.32 Å². The summed E-state index contributed by atoms with van der Waals surface area (Å²) in [6.45, 7) is 3.70. The van der Waals surface area contributed by atoms with Crippen molar-refractivity contribution < 1.29 is 8.78 Å². The van der Waals surface area contributed by atoms with Gasteiger partial charge in [-0.3, -0.25) is 4.98 Å². The highest BCUT2D eigenvalue weighted by Gasteiger charge is 2.12. The van der Waals surface area contributed by atoms with Gasteiger partial charge >= 0.3 is 0 Å². The zero-order valence-corrected chi connectivity index (χ0v) is 10.2. The topological polar surface area (TPSA) is 24.9 Å². The van der Waals surface area contributed by atoms with Gasteiger partial charge in [0, 0.05) is 18.0 Å². The summed E-state index contributed by atoms with van der Waals surface area (Å²) in [4.78, 5) is 4.04. The van der Waals surface area contributed by atoms with Crippen LogP contribution in [0.5, 0.6) is 0 Å². The summed E-state index contributed by atoms with van der Waals surface area (Å²) < 4.78 is 26.7. The number of rotatable bonds is 3. The molecule has 2 rings (SSSR count). The molecule has 0 saturated heterocycles. The van der Waals surface area contributed by atoms with Crippen LogP contribution in [-0.4, -0.2) is 4.98 Å². The Bertz CT molecular complexity index is 555. The van der Waals surface area contributed by atoms with E-state index in [1.165, 1.54) is 6.07 Å². The third kappa shape index (κ3) is 2.83. The van der Waals surface area contributed by atoms with Crippen molar-refractivity contribution in [2.45, 2.75) is 19.9 Å². The summed E-state index contributed by atoms with van der Waals surface area (Å²) >= 11 is 0. The summed E-state index contributed by atoms with van der Waals surface area (Å²) in [5.41, 5.74) is 2.09. The van der Waals surface area contributed by atoms with Crippen LogP contribution >= 0.6 is 0 Å². The lowest BCUT2D eigenvalue weighted by atomic mass is 10.1. The molecule has 4 heteroatoms. The van der Waals surface area contributed by atoms with Crippen molar-refractivity contribution in [3.8, 4) is 0 Å². The van der Waals surface area contributed by atoms with E-state index in [1.807, 2.05) is 13.0 Å². The molecule has 1 heterocycles. The summed E-state index contributed by atoms with van der Waals surface area (Å²) in [7, 11) is 0. The Morgan fingerprint density at radius 2 is 1.94 bits per heavy atom. The van der Waals surface area contributed by atoms with Gasteiger partial charge in [-0.2, -0.15) is 0 Å². The van der Waals surface area contributed by atoms with Crippen LogP contribution in [0.2, 0.25) is 0 Å². The quantitative estimate of drug-likeness (QED) is 0.892. The van der Waals surface area contributed by atoms with Crippen LogP contribution in [0.15, 0.2) is 36.7 Å². The maximum atomic E-state index is 13.6. The molecule has 2 aromatic rings. The van der Waals surface area contributed by atoms with Crippen LogP contribution in [0.3, 0.4) is 0 Å². The second kappa shape index (κ2) is 5.12. The number of hydrogen-bond donors (Lipinski definition) is 1. The zero-order valence-electron chi connectivity index (χ0n) is 10.2. The molecule has 0 fully saturated rings. The van der Waals surface area contributed by atoms with Gasteiger partial charge in [0.15, 0.2) is 0 Å². The highest BCUT2D eigenvalue weighted by atomic mass is 19.1. The van der Waals surface area contributed by atoms with Crippen LogP contribution in [0, 0.1) is 18.6 Å². The van der Waals surface area contributed by atoms with E-state index in [0.717, 1.165) is 23.4 Å². The molecule has 18 heavy (non-hydrogen) atoms. The molecule has 1 aromatic heterocycles. The van der Waals surface area contributed by atoms with E-state index in [4.69, 9.17) is 0 Å². The molecule has 0 saturated carbocycles. The molecule has 1 N–H and O–H groups in total. The minimum atomic E-state index is -0.442. The highest BCUT2D eigenvalue weighted by Crippen LogP contribution is 2.22. The fourth-order valence-corrected chi connectivity index (χ4v) is 1.81. The molecular weight excluding hydrogens is 234 g/mol. The number of pyridine rings is 1. The lowest BCUT2D eigenvalue weighted by molar-refractivity contribution is 0.577. The highest BCUT2D eigenvalue weighted by molar-refractivity contribution is 5.45. The molecule has 2 nitrogen and oxygen atoms in total. The monoisotopic (exact) mass is 248 g/mol. The van der Waals surface area contributed by atoms with E-state index in [2.05, 4.69) is 10.3 Å². The lowest BCUT2D eigenvalue weighted by Crippen LogP contribution is -2.09. The molecule has 0 aliphatic carbocycles. The van der Waals surface area contributed by atoms with E-state index in [1.54, 1.807) is 19.3 Å². The van der Waals surface area contributed by atoms with Crippen molar-refractivity contribution >= 4 is 5.69 Å². The first-order valence-corrected chi connectivity index (χ1v) is 5.69. The maximum Gasteiger partial charge on any atom is 0.128 e. The number of nitrogens with zero attached hydrogens (tertiary/aromatic N) is 1. The molecular formula is C14H14F2N2. The van der Waals surface area contributed by atoms with E-state index < -0.39 is 11.6 Å². The number of hydrogen-bond acceptors (Lipinski definition) is 2. The van der Waals surface area contributed by atoms with Gasteiger partial charge in [0.2, 0.25) is 0 Å². The van der Waals surface area contributed by atoms with Crippen molar-refractivity contribution in [1.82, 2.24) is 4.98 Å².